The van der Waals surface area contributed by atoms with Crippen LogP contribution >= 0.6 is 15.9 Å². The van der Waals surface area contributed by atoms with Crippen molar-refractivity contribution in [2.75, 3.05) is 0 Å². The van der Waals surface area contributed by atoms with Crippen molar-refractivity contribution in [3.05, 3.63) is 34.1 Å². The van der Waals surface area contributed by atoms with E-state index in [0.29, 0.717) is 17.9 Å². The Morgan fingerprint density at radius 2 is 2.18 bits per heavy atom. The molecule has 4 heteroatoms. The van der Waals surface area contributed by atoms with Crippen LogP contribution in [0.4, 0.5) is 4.39 Å². The number of nitrogens with two attached hydrogens (primary N) is 1. The zero-order chi connectivity index (χ0) is 12.8. The van der Waals surface area contributed by atoms with Crippen LogP contribution in [0.1, 0.15) is 32.3 Å². The first kappa shape index (κ1) is 14.6. The molecule has 1 rings (SSSR count). The van der Waals surface area contributed by atoms with Crippen LogP contribution in [-0.4, -0.2) is 6.04 Å². The zero-order valence-corrected chi connectivity index (χ0v) is 11.9. The fourth-order valence-corrected chi connectivity index (χ4v) is 2.15. The quantitative estimate of drug-likeness (QED) is 0.624. The minimum Gasteiger partial charge on any atom is -0.271 e. The van der Waals surface area contributed by atoms with Gasteiger partial charge in [0.25, 0.3) is 0 Å². The summed E-state index contributed by atoms with van der Waals surface area (Å²) in [4.78, 5) is 0. The van der Waals surface area contributed by atoms with Crippen molar-refractivity contribution in [3.8, 4) is 0 Å². The molecular weight excluding hydrogens is 283 g/mol. The van der Waals surface area contributed by atoms with Gasteiger partial charge in [0.1, 0.15) is 5.82 Å². The third-order valence-corrected chi connectivity index (χ3v) is 3.59. The summed E-state index contributed by atoms with van der Waals surface area (Å²) in [5.74, 6) is 5.94. The summed E-state index contributed by atoms with van der Waals surface area (Å²) in [5, 5.41) is 0. The molecule has 0 radical (unpaired) electrons. The summed E-state index contributed by atoms with van der Waals surface area (Å²) >= 11 is 3.25. The van der Waals surface area contributed by atoms with Crippen LogP contribution in [-0.2, 0) is 6.42 Å². The first-order valence-electron chi connectivity index (χ1n) is 5.96. The maximum atomic E-state index is 13.7. The van der Waals surface area contributed by atoms with E-state index in [2.05, 4.69) is 35.2 Å². The molecule has 0 heterocycles. The summed E-state index contributed by atoms with van der Waals surface area (Å²) in [7, 11) is 0. The fraction of sp³-hybridized carbons (Fsp3) is 0.538. The second kappa shape index (κ2) is 7.09. The van der Waals surface area contributed by atoms with E-state index in [1.807, 2.05) is 6.07 Å². The maximum Gasteiger partial charge on any atom is 0.127 e. The van der Waals surface area contributed by atoms with Crippen LogP contribution in [0.3, 0.4) is 0 Å². The first-order chi connectivity index (χ1) is 8.06. The molecule has 0 saturated carbocycles. The van der Waals surface area contributed by atoms with E-state index in [1.165, 1.54) is 6.07 Å². The SMILES string of the molecule is CCC(C)CC(Cc1ccc(Br)cc1F)NN. The monoisotopic (exact) mass is 302 g/mol. The molecule has 0 fully saturated rings. The van der Waals surface area contributed by atoms with Gasteiger partial charge >= 0.3 is 0 Å². The Hall–Kier alpha value is -0.450. The molecule has 0 amide bonds. The normalized spacial score (nSPS) is 14.6. The Morgan fingerprint density at radius 1 is 1.47 bits per heavy atom. The van der Waals surface area contributed by atoms with Crippen LogP contribution in [0.15, 0.2) is 22.7 Å². The Kier molecular flexibility index (Phi) is 6.09. The molecule has 0 aliphatic heterocycles. The highest BCUT2D eigenvalue weighted by Gasteiger charge is 2.13. The Bertz CT molecular complexity index is 357. The average Bonchev–Trinajstić information content (AvgIpc) is 2.31. The molecular formula is C13H20BrFN2. The topological polar surface area (TPSA) is 38.0 Å². The lowest BCUT2D eigenvalue weighted by atomic mass is 9.95. The van der Waals surface area contributed by atoms with E-state index < -0.39 is 0 Å². The summed E-state index contributed by atoms with van der Waals surface area (Å²) in [6, 6.07) is 5.28. The minimum absolute atomic E-state index is 0.126. The van der Waals surface area contributed by atoms with Crippen molar-refractivity contribution in [1.82, 2.24) is 5.43 Å². The number of benzene rings is 1. The van der Waals surface area contributed by atoms with Crippen LogP contribution < -0.4 is 11.3 Å². The lowest BCUT2D eigenvalue weighted by molar-refractivity contribution is 0.393. The van der Waals surface area contributed by atoms with Crippen LogP contribution in [0.5, 0.6) is 0 Å². The highest BCUT2D eigenvalue weighted by atomic mass is 79.9. The number of hydrogen-bond donors (Lipinski definition) is 2. The van der Waals surface area contributed by atoms with Gasteiger partial charge in [0, 0.05) is 10.5 Å². The van der Waals surface area contributed by atoms with Crippen molar-refractivity contribution in [2.24, 2.45) is 11.8 Å². The molecule has 0 aliphatic rings. The Balaban J connectivity index is 2.67. The predicted octanol–water partition coefficient (Wildman–Crippen LogP) is 3.40. The van der Waals surface area contributed by atoms with Crippen molar-refractivity contribution in [3.63, 3.8) is 0 Å². The maximum absolute atomic E-state index is 13.7. The molecule has 17 heavy (non-hydrogen) atoms. The molecule has 1 aromatic rings. The fourth-order valence-electron chi connectivity index (χ4n) is 1.82. The van der Waals surface area contributed by atoms with Crippen molar-refractivity contribution in [2.45, 2.75) is 39.2 Å². The third-order valence-electron chi connectivity index (χ3n) is 3.10. The summed E-state index contributed by atoms with van der Waals surface area (Å²) in [6.07, 6.45) is 2.70. The Labute approximate surface area is 111 Å². The van der Waals surface area contributed by atoms with Gasteiger partial charge in [-0.25, -0.2) is 4.39 Å². The smallest absolute Gasteiger partial charge is 0.127 e. The van der Waals surface area contributed by atoms with Crippen LogP contribution in [0.25, 0.3) is 0 Å². The van der Waals surface area contributed by atoms with Gasteiger partial charge in [-0.2, -0.15) is 0 Å². The van der Waals surface area contributed by atoms with E-state index in [9.17, 15) is 4.39 Å². The molecule has 0 bridgehead atoms. The van der Waals surface area contributed by atoms with E-state index in [4.69, 9.17) is 5.84 Å². The van der Waals surface area contributed by atoms with Gasteiger partial charge in [0.2, 0.25) is 0 Å². The summed E-state index contributed by atoms with van der Waals surface area (Å²) in [5.41, 5.74) is 3.49. The lowest BCUT2D eigenvalue weighted by Crippen LogP contribution is -2.38. The van der Waals surface area contributed by atoms with Gasteiger partial charge in [-0.1, -0.05) is 42.3 Å². The zero-order valence-electron chi connectivity index (χ0n) is 10.3. The number of hydrazine groups is 1. The summed E-state index contributed by atoms with van der Waals surface area (Å²) in [6.45, 7) is 4.33. The second-order valence-corrected chi connectivity index (χ2v) is 5.47. The molecule has 2 atom stereocenters. The third kappa shape index (κ3) is 4.74. The van der Waals surface area contributed by atoms with E-state index in [0.717, 1.165) is 17.3 Å². The van der Waals surface area contributed by atoms with Gasteiger partial charge < -0.3 is 0 Å². The number of nitrogens with one attached hydrogen (secondary N) is 1. The van der Waals surface area contributed by atoms with Gasteiger partial charge in [0.15, 0.2) is 0 Å². The Morgan fingerprint density at radius 3 is 2.71 bits per heavy atom. The molecule has 0 spiro atoms. The van der Waals surface area contributed by atoms with Crippen molar-refractivity contribution < 1.29 is 4.39 Å². The average molecular weight is 303 g/mol. The molecule has 3 N–H and O–H groups in total. The molecule has 2 nitrogen and oxygen atoms in total. The van der Waals surface area contributed by atoms with Gasteiger partial charge in [-0.15, -0.1) is 0 Å². The molecule has 1 aromatic carbocycles. The minimum atomic E-state index is -0.177. The molecule has 0 aromatic heterocycles. The number of rotatable bonds is 6. The van der Waals surface area contributed by atoms with Crippen molar-refractivity contribution >= 4 is 15.9 Å². The highest BCUT2D eigenvalue weighted by Crippen LogP contribution is 2.19. The van der Waals surface area contributed by atoms with Gasteiger partial charge in [0.05, 0.1) is 0 Å². The van der Waals surface area contributed by atoms with Gasteiger partial charge in [-0.3, -0.25) is 11.3 Å². The van der Waals surface area contributed by atoms with Gasteiger partial charge in [-0.05, 0) is 36.5 Å². The van der Waals surface area contributed by atoms with Crippen molar-refractivity contribution in [1.29, 1.82) is 0 Å². The van der Waals surface area contributed by atoms with Crippen LogP contribution in [0.2, 0.25) is 0 Å². The number of hydrogen-bond acceptors (Lipinski definition) is 2. The largest absolute Gasteiger partial charge is 0.271 e. The molecule has 0 aliphatic carbocycles. The number of halogens is 2. The standard InChI is InChI=1S/C13H20BrFN2/c1-3-9(2)6-12(17-16)7-10-4-5-11(14)8-13(10)15/h4-5,8-9,12,17H,3,6-7,16H2,1-2H3. The van der Waals surface area contributed by atoms with E-state index >= 15 is 0 Å². The highest BCUT2D eigenvalue weighted by molar-refractivity contribution is 9.10. The second-order valence-electron chi connectivity index (χ2n) is 4.55. The van der Waals surface area contributed by atoms with Crippen LogP contribution in [0, 0.1) is 11.7 Å². The van der Waals surface area contributed by atoms with E-state index in [1.54, 1.807) is 6.07 Å². The van der Waals surface area contributed by atoms with E-state index in [-0.39, 0.29) is 11.9 Å². The summed E-state index contributed by atoms with van der Waals surface area (Å²) < 4.78 is 14.4. The molecule has 96 valence electrons. The molecule has 0 saturated heterocycles. The lowest BCUT2D eigenvalue weighted by Gasteiger charge is -2.19. The molecule has 2 unspecified atom stereocenters. The first-order valence-corrected chi connectivity index (χ1v) is 6.76. The predicted molar refractivity (Wildman–Crippen MR) is 73.0 cm³/mol.